The Kier molecular flexibility index (Phi) is 6.60. The summed E-state index contributed by atoms with van der Waals surface area (Å²) < 4.78 is 11.3. The van der Waals surface area contributed by atoms with Gasteiger partial charge in [0.25, 0.3) is 0 Å². The Hall–Kier alpha value is -1.96. The molecule has 7 heteroatoms. The van der Waals surface area contributed by atoms with Gasteiger partial charge >= 0.3 is 6.03 Å². The molecule has 0 radical (unpaired) electrons. The van der Waals surface area contributed by atoms with Crippen molar-refractivity contribution in [1.82, 2.24) is 9.80 Å². The van der Waals surface area contributed by atoms with Gasteiger partial charge in [0.05, 0.1) is 19.3 Å². The molecule has 7 nitrogen and oxygen atoms in total. The average molecular weight is 361 g/mol. The number of anilines is 1. The Morgan fingerprint density at radius 2 is 2.00 bits per heavy atom. The van der Waals surface area contributed by atoms with Crippen molar-refractivity contribution in [2.45, 2.75) is 19.4 Å². The van der Waals surface area contributed by atoms with E-state index in [-0.39, 0.29) is 17.9 Å². The molecule has 0 saturated carbocycles. The van der Waals surface area contributed by atoms with Crippen molar-refractivity contribution >= 4 is 17.5 Å². The minimum Gasteiger partial charge on any atom is -0.379 e. The lowest BCUT2D eigenvalue weighted by atomic mass is 10.1. The number of ether oxygens (including phenoxy) is 2. The lowest BCUT2D eigenvalue weighted by Crippen LogP contribution is -2.46. The third-order valence-electron chi connectivity index (χ3n) is 4.72. The van der Waals surface area contributed by atoms with E-state index in [1.54, 1.807) is 29.2 Å². The highest BCUT2D eigenvalue weighted by atomic mass is 16.5. The zero-order valence-corrected chi connectivity index (χ0v) is 15.3. The second kappa shape index (κ2) is 9.12. The van der Waals surface area contributed by atoms with Gasteiger partial charge in [0, 0.05) is 50.6 Å². The Balaban J connectivity index is 1.58. The predicted molar refractivity (Wildman–Crippen MR) is 98.7 cm³/mol. The van der Waals surface area contributed by atoms with Gasteiger partial charge in [0.2, 0.25) is 0 Å². The summed E-state index contributed by atoms with van der Waals surface area (Å²) in [6.45, 7) is 7.54. The molecule has 1 atom stereocenters. The van der Waals surface area contributed by atoms with Crippen LogP contribution in [-0.2, 0) is 9.47 Å². The number of nitrogens with zero attached hydrogens (tertiary/aromatic N) is 2. The maximum absolute atomic E-state index is 12.7. The summed E-state index contributed by atoms with van der Waals surface area (Å²) in [4.78, 5) is 28.3. The molecule has 0 aliphatic carbocycles. The van der Waals surface area contributed by atoms with E-state index in [0.717, 1.165) is 39.3 Å². The van der Waals surface area contributed by atoms with Crippen LogP contribution < -0.4 is 5.32 Å². The highest BCUT2D eigenvalue weighted by Gasteiger charge is 2.25. The molecule has 1 aromatic carbocycles. The number of Topliss-reactive ketones (excluding diaryl/α,β-unsaturated/α-hetero) is 1. The van der Waals surface area contributed by atoms with E-state index < -0.39 is 0 Å². The van der Waals surface area contributed by atoms with E-state index in [4.69, 9.17) is 9.47 Å². The zero-order chi connectivity index (χ0) is 18.4. The number of nitrogens with one attached hydrogen (secondary N) is 1. The summed E-state index contributed by atoms with van der Waals surface area (Å²) in [5.41, 5.74) is 1.23. The fourth-order valence-corrected chi connectivity index (χ4v) is 3.28. The van der Waals surface area contributed by atoms with Crippen LogP contribution in [0.3, 0.4) is 0 Å². The van der Waals surface area contributed by atoms with Gasteiger partial charge in [-0.1, -0.05) is 12.1 Å². The quantitative estimate of drug-likeness (QED) is 0.829. The van der Waals surface area contributed by atoms with Crippen LogP contribution in [-0.4, -0.2) is 80.3 Å². The second-order valence-electron chi connectivity index (χ2n) is 6.77. The monoisotopic (exact) mass is 361 g/mol. The van der Waals surface area contributed by atoms with Gasteiger partial charge in [-0.2, -0.15) is 0 Å². The van der Waals surface area contributed by atoms with Gasteiger partial charge < -0.3 is 19.7 Å². The minimum absolute atomic E-state index is 0.00454. The highest BCUT2D eigenvalue weighted by Crippen LogP contribution is 2.14. The van der Waals surface area contributed by atoms with E-state index >= 15 is 0 Å². The van der Waals surface area contributed by atoms with Crippen molar-refractivity contribution in [2.24, 2.45) is 0 Å². The highest BCUT2D eigenvalue weighted by molar-refractivity contribution is 5.96. The standard InChI is InChI=1S/C19H27N3O4/c1-15(23)16-4-2-5-17(12-16)20-19(24)22-6-3-9-26-18(14-22)13-21-7-10-25-11-8-21/h2,4-5,12,18H,3,6-11,13-14H2,1H3,(H,20,24)/t18-/m1/s1. The van der Waals surface area contributed by atoms with Crippen LogP contribution in [0.4, 0.5) is 10.5 Å². The van der Waals surface area contributed by atoms with Crippen molar-refractivity contribution in [3.05, 3.63) is 29.8 Å². The van der Waals surface area contributed by atoms with Gasteiger partial charge in [-0.05, 0) is 25.5 Å². The van der Waals surface area contributed by atoms with Gasteiger partial charge in [-0.3, -0.25) is 9.69 Å². The van der Waals surface area contributed by atoms with Crippen LogP contribution in [0.1, 0.15) is 23.7 Å². The molecule has 0 spiro atoms. The molecule has 0 aromatic heterocycles. The third kappa shape index (κ3) is 5.27. The van der Waals surface area contributed by atoms with Crippen molar-refractivity contribution in [2.75, 3.05) is 57.9 Å². The minimum atomic E-state index is -0.150. The largest absolute Gasteiger partial charge is 0.379 e. The predicted octanol–water partition coefficient (Wildman–Crippen LogP) is 1.84. The molecular formula is C19H27N3O4. The lowest BCUT2D eigenvalue weighted by molar-refractivity contribution is -0.00983. The number of urea groups is 1. The summed E-state index contributed by atoms with van der Waals surface area (Å²) in [5.74, 6) is -0.0187. The fourth-order valence-electron chi connectivity index (χ4n) is 3.28. The molecule has 26 heavy (non-hydrogen) atoms. The first-order chi connectivity index (χ1) is 12.6. The molecule has 2 saturated heterocycles. The number of rotatable bonds is 4. The molecule has 2 heterocycles. The van der Waals surface area contributed by atoms with E-state index in [1.165, 1.54) is 6.92 Å². The Labute approximate surface area is 154 Å². The summed E-state index contributed by atoms with van der Waals surface area (Å²) in [6, 6.07) is 6.88. The van der Waals surface area contributed by atoms with Crippen LogP contribution >= 0.6 is 0 Å². The molecular weight excluding hydrogens is 334 g/mol. The molecule has 1 aromatic rings. The van der Waals surface area contributed by atoms with Crippen molar-refractivity contribution in [1.29, 1.82) is 0 Å². The number of benzene rings is 1. The SMILES string of the molecule is CC(=O)c1cccc(NC(=O)N2CCCO[C@H](CN3CCOCC3)C2)c1. The Morgan fingerprint density at radius 3 is 2.77 bits per heavy atom. The average Bonchev–Trinajstić information content (AvgIpc) is 2.88. The zero-order valence-electron chi connectivity index (χ0n) is 15.3. The number of carbonyl (C=O) groups excluding carboxylic acids is 2. The molecule has 2 aliphatic heterocycles. The van der Waals surface area contributed by atoms with Crippen LogP contribution in [0.15, 0.2) is 24.3 Å². The summed E-state index contributed by atoms with van der Waals surface area (Å²) in [6.07, 6.45) is 0.824. The van der Waals surface area contributed by atoms with Crippen LogP contribution in [0.2, 0.25) is 0 Å². The Morgan fingerprint density at radius 1 is 1.19 bits per heavy atom. The maximum atomic E-state index is 12.7. The van der Waals surface area contributed by atoms with Gasteiger partial charge in [0.15, 0.2) is 5.78 Å². The maximum Gasteiger partial charge on any atom is 0.321 e. The van der Waals surface area contributed by atoms with Gasteiger partial charge in [-0.15, -0.1) is 0 Å². The van der Waals surface area contributed by atoms with Crippen LogP contribution in [0.5, 0.6) is 0 Å². The number of morpholine rings is 1. The number of amides is 2. The van der Waals surface area contributed by atoms with Crippen molar-refractivity contribution < 1.29 is 19.1 Å². The smallest absolute Gasteiger partial charge is 0.321 e. The second-order valence-corrected chi connectivity index (χ2v) is 6.77. The van der Waals surface area contributed by atoms with E-state index in [2.05, 4.69) is 10.2 Å². The molecule has 1 N–H and O–H groups in total. The summed E-state index contributed by atoms with van der Waals surface area (Å²) in [7, 11) is 0. The van der Waals surface area contributed by atoms with E-state index in [1.807, 2.05) is 0 Å². The topological polar surface area (TPSA) is 71.1 Å². The number of ketones is 1. The van der Waals surface area contributed by atoms with Crippen LogP contribution in [0, 0.1) is 0 Å². The summed E-state index contributed by atoms with van der Waals surface area (Å²) in [5, 5.41) is 2.90. The van der Waals surface area contributed by atoms with Gasteiger partial charge in [0.1, 0.15) is 0 Å². The molecule has 0 bridgehead atoms. The third-order valence-corrected chi connectivity index (χ3v) is 4.72. The molecule has 0 unspecified atom stereocenters. The Bertz CT molecular complexity index is 631. The van der Waals surface area contributed by atoms with E-state index in [0.29, 0.717) is 30.9 Å². The molecule has 2 fully saturated rings. The van der Waals surface area contributed by atoms with Crippen LogP contribution in [0.25, 0.3) is 0 Å². The van der Waals surface area contributed by atoms with Crippen molar-refractivity contribution in [3.63, 3.8) is 0 Å². The number of carbonyl (C=O) groups is 2. The van der Waals surface area contributed by atoms with Gasteiger partial charge in [-0.25, -0.2) is 4.79 Å². The number of hydrogen-bond donors (Lipinski definition) is 1. The molecule has 2 amide bonds. The number of hydrogen-bond acceptors (Lipinski definition) is 5. The first kappa shape index (κ1) is 18.8. The van der Waals surface area contributed by atoms with E-state index in [9.17, 15) is 9.59 Å². The first-order valence-electron chi connectivity index (χ1n) is 9.20. The first-order valence-corrected chi connectivity index (χ1v) is 9.20. The normalized spacial score (nSPS) is 21.9. The molecule has 142 valence electrons. The molecule has 2 aliphatic rings. The summed E-state index contributed by atoms with van der Waals surface area (Å²) >= 11 is 0. The fraction of sp³-hybridized carbons (Fsp3) is 0.579. The molecule has 3 rings (SSSR count). The van der Waals surface area contributed by atoms with Crippen molar-refractivity contribution in [3.8, 4) is 0 Å². The lowest BCUT2D eigenvalue weighted by Gasteiger charge is -2.31.